The van der Waals surface area contributed by atoms with Crippen molar-refractivity contribution in [1.82, 2.24) is 0 Å². The van der Waals surface area contributed by atoms with Crippen LogP contribution in [-0.2, 0) is 14.8 Å². The van der Waals surface area contributed by atoms with E-state index in [1.54, 1.807) is 37.3 Å². The van der Waals surface area contributed by atoms with Gasteiger partial charge >= 0.3 is 0 Å². The Hall–Kier alpha value is -2.54. The van der Waals surface area contributed by atoms with E-state index in [0.29, 0.717) is 17.1 Å². The molecule has 6 nitrogen and oxygen atoms in total. The Morgan fingerprint density at radius 1 is 1.08 bits per heavy atom. The molecule has 0 aliphatic carbocycles. The molecule has 2 aromatic carbocycles. The third-order valence-electron chi connectivity index (χ3n) is 4.14. The number of hydrogen-bond acceptors (Lipinski definition) is 4. The van der Waals surface area contributed by atoms with Gasteiger partial charge in [-0.2, -0.15) is 0 Å². The van der Waals surface area contributed by atoms with Crippen LogP contribution < -0.4 is 14.4 Å². The molecule has 0 aromatic heterocycles. The summed E-state index contributed by atoms with van der Waals surface area (Å²) in [5.74, 6) is 0.110. The van der Waals surface area contributed by atoms with Gasteiger partial charge in [-0.3, -0.25) is 9.10 Å². The van der Waals surface area contributed by atoms with E-state index in [2.05, 4.69) is 5.32 Å². The first-order chi connectivity index (χ1) is 12.3. The van der Waals surface area contributed by atoms with Crippen molar-refractivity contribution >= 4 is 27.3 Å². The van der Waals surface area contributed by atoms with Crippen molar-refractivity contribution < 1.29 is 17.9 Å². The second-order valence-corrected chi connectivity index (χ2v) is 8.13. The zero-order valence-corrected chi connectivity index (χ0v) is 16.3. The number of sulfonamides is 1. The van der Waals surface area contributed by atoms with E-state index in [1.165, 1.54) is 7.11 Å². The molecule has 0 saturated carbocycles. The van der Waals surface area contributed by atoms with Crippen LogP contribution in [0.15, 0.2) is 42.5 Å². The maximum Gasteiger partial charge on any atom is 0.245 e. The molecule has 26 heavy (non-hydrogen) atoms. The molecule has 0 fully saturated rings. The van der Waals surface area contributed by atoms with Gasteiger partial charge in [-0.25, -0.2) is 8.42 Å². The van der Waals surface area contributed by atoms with Gasteiger partial charge in [0.1, 0.15) is 12.3 Å². The Bertz CT molecular complexity index is 877. The summed E-state index contributed by atoms with van der Waals surface area (Å²) in [6.07, 6.45) is 0. The second kappa shape index (κ2) is 8.23. The molecule has 7 heteroatoms. The largest absolute Gasteiger partial charge is 0.497 e. The number of ether oxygens (including phenoxy) is 1. The van der Waals surface area contributed by atoms with Crippen LogP contribution in [0.5, 0.6) is 5.75 Å². The first-order valence-corrected chi connectivity index (χ1v) is 9.89. The van der Waals surface area contributed by atoms with Crippen LogP contribution in [0.3, 0.4) is 0 Å². The van der Waals surface area contributed by atoms with Gasteiger partial charge in [0.15, 0.2) is 0 Å². The van der Waals surface area contributed by atoms with E-state index in [-0.39, 0.29) is 12.3 Å². The number of benzene rings is 2. The van der Waals surface area contributed by atoms with Gasteiger partial charge in [-0.1, -0.05) is 6.07 Å². The molecule has 2 rings (SSSR count). The lowest BCUT2D eigenvalue weighted by Crippen LogP contribution is -2.39. The molecular weight excluding hydrogens is 352 g/mol. The van der Waals surface area contributed by atoms with Gasteiger partial charge in [0, 0.05) is 5.69 Å². The molecule has 140 valence electrons. The maximum absolute atomic E-state index is 12.5. The number of carbonyl (C=O) groups excluding carboxylic acids is 1. The highest BCUT2D eigenvalue weighted by Crippen LogP contribution is 2.22. The molecule has 0 atom stereocenters. The predicted octanol–water partition coefficient (Wildman–Crippen LogP) is 3.11. The number of carbonyl (C=O) groups is 1. The van der Waals surface area contributed by atoms with Gasteiger partial charge in [-0.15, -0.1) is 0 Å². The van der Waals surface area contributed by atoms with E-state index in [9.17, 15) is 13.2 Å². The van der Waals surface area contributed by atoms with Gasteiger partial charge < -0.3 is 10.1 Å². The summed E-state index contributed by atoms with van der Waals surface area (Å²) in [5.41, 5.74) is 3.23. The highest BCUT2D eigenvalue weighted by molar-refractivity contribution is 7.92. The lowest BCUT2D eigenvalue weighted by Gasteiger charge is -2.23. The number of rotatable bonds is 7. The first kappa shape index (κ1) is 19.8. The fourth-order valence-electron chi connectivity index (χ4n) is 2.40. The predicted molar refractivity (Wildman–Crippen MR) is 104 cm³/mol. The Morgan fingerprint density at radius 2 is 1.73 bits per heavy atom. The quantitative estimate of drug-likeness (QED) is 0.806. The minimum Gasteiger partial charge on any atom is -0.497 e. The maximum atomic E-state index is 12.5. The van der Waals surface area contributed by atoms with E-state index < -0.39 is 15.9 Å². The Balaban J connectivity index is 2.22. The molecule has 0 saturated heterocycles. The van der Waals surface area contributed by atoms with Crippen molar-refractivity contribution in [1.29, 1.82) is 0 Å². The summed E-state index contributed by atoms with van der Waals surface area (Å²) < 4.78 is 31.1. The van der Waals surface area contributed by atoms with E-state index in [4.69, 9.17) is 4.74 Å². The van der Waals surface area contributed by atoms with Gasteiger partial charge in [0.2, 0.25) is 15.9 Å². The van der Waals surface area contributed by atoms with Crippen LogP contribution >= 0.6 is 0 Å². The fraction of sp³-hybridized carbons (Fsp3) is 0.316. The van der Waals surface area contributed by atoms with E-state index in [0.717, 1.165) is 15.4 Å². The average molecular weight is 376 g/mol. The Morgan fingerprint density at radius 3 is 2.27 bits per heavy atom. The number of methoxy groups -OCH3 is 1. The van der Waals surface area contributed by atoms with Crippen LogP contribution in [0, 0.1) is 13.8 Å². The smallest absolute Gasteiger partial charge is 0.245 e. The molecule has 0 unspecified atom stereocenters. The lowest BCUT2D eigenvalue weighted by atomic mass is 10.1. The summed E-state index contributed by atoms with van der Waals surface area (Å²) in [7, 11) is -2.07. The van der Waals surface area contributed by atoms with Crippen LogP contribution in [0.1, 0.15) is 18.1 Å². The SMILES string of the molecule is CCS(=O)(=O)N(CC(=O)Nc1ccc(C)c(C)c1)c1ccc(OC)cc1. The molecule has 0 radical (unpaired) electrons. The van der Waals surface area contributed by atoms with Crippen molar-refractivity contribution in [2.75, 3.05) is 29.0 Å². The average Bonchev–Trinajstić information content (AvgIpc) is 2.63. The number of hydrogen-bond donors (Lipinski definition) is 1. The van der Waals surface area contributed by atoms with Crippen molar-refractivity contribution in [2.45, 2.75) is 20.8 Å². The standard InChI is InChI=1S/C19H24N2O4S/c1-5-26(23,24)21(17-8-10-18(25-4)11-9-17)13-19(22)20-16-7-6-14(2)15(3)12-16/h6-12H,5,13H2,1-4H3,(H,20,22). The zero-order chi connectivity index (χ0) is 19.3. The Kier molecular flexibility index (Phi) is 6.26. The highest BCUT2D eigenvalue weighted by atomic mass is 32.2. The molecule has 1 N–H and O–H groups in total. The number of nitrogens with one attached hydrogen (secondary N) is 1. The number of nitrogens with zero attached hydrogens (tertiary/aromatic N) is 1. The Labute approximate surface area is 154 Å². The zero-order valence-electron chi connectivity index (χ0n) is 15.4. The molecule has 1 amide bonds. The van der Waals surface area contributed by atoms with Crippen LogP contribution in [0.25, 0.3) is 0 Å². The third kappa shape index (κ3) is 4.76. The van der Waals surface area contributed by atoms with Gasteiger partial charge in [-0.05, 0) is 68.3 Å². The summed E-state index contributed by atoms with van der Waals surface area (Å²) in [4.78, 5) is 12.4. The molecule has 2 aromatic rings. The van der Waals surface area contributed by atoms with Crippen molar-refractivity contribution in [3.8, 4) is 5.75 Å². The summed E-state index contributed by atoms with van der Waals surface area (Å²) >= 11 is 0. The van der Waals surface area contributed by atoms with Gasteiger partial charge in [0.05, 0.1) is 18.6 Å². The molecule has 0 aliphatic heterocycles. The van der Waals surface area contributed by atoms with Crippen molar-refractivity contribution in [2.24, 2.45) is 0 Å². The number of amides is 1. The van der Waals surface area contributed by atoms with Crippen molar-refractivity contribution in [3.63, 3.8) is 0 Å². The van der Waals surface area contributed by atoms with E-state index >= 15 is 0 Å². The minimum atomic E-state index is -3.60. The number of anilines is 2. The van der Waals surface area contributed by atoms with Crippen LogP contribution in [0.2, 0.25) is 0 Å². The van der Waals surface area contributed by atoms with Crippen molar-refractivity contribution in [3.05, 3.63) is 53.6 Å². The molecule has 0 aliphatic rings. The summed E-state index contributed by atoms with van der Waals surface area (Å²) in [5, 5.41) is 2.76. The molecular formula is C19H24N2O4S. The molecule has 0 bridgehead atoms. The third-order valence-corrected chi connectivity index (χ3v) is 5.88. The monoisotopic (exact) mass is 376 g/mol. The topological polar surface area (TPSA) is 75.7 Å². The van der Waals surface area contributed by atoms with Crippen LogP contribution in [-0.4, -0.2) is 33.7 Å². The summed E-state index contributed by atoms with van der Waals surface area (Å²) in [6.45, 7) is 5.19. The second-order valence-electron chi connectivity index (χ2n) is 5.95. The highest BCUT2D eigenvalue weighted by Gasteiger charge is 2.23. The first-order valence-electron chi connectivity index (χ1n) is 8.28. The van der Waals surface area contributed by atoms with Crippen LogP contribution in [0.4, 0.5) is 11.4 Å². The molecule has 0 heterocycles. The van der Waals surface area contributed by atoms with Gasteiger partial charge in [0.25, 0.3) is 0 Å². The fourth-order valence-corrected chi connectivity index (χ4v) is 3.47. The van der Waals surface area contributed by atoms with E-state index in [1.807, 2.05) is 26.0 Å². The number of aryl methyl sites for hydroxylation is 2. The summed E-state index contributed by atoms with van der Waals surface area (Å²) in [6, 6.07) is 12.1. The normalized spacial score (nSPS) is 11.1. The molecule has 0 spiro atoms. The lowest BCUT2D eigenvalue weighted by molar-refractivity contribution is -0.114. The minimum absolute atomic E-state index is 0.101.